The van der Waals surface area contributed by atoms with Crippen LogP contribution in [0.5, 0.6) is 11.5 Å². The summed E-state index contributed by atoms with van der Waals surface area (Å²) in [5.41, 5.74) is 5.73. The van der Waals surface area contributed by atoms with Crippen molar-refractivity contribution in [3.8, 4) is 11.5 Å². The average molecular weight is 356 g/mol. The minimum atomic E-state index is -0.725. The number of hydrogen-bond acceptors (Lipinski definition) is 4. The van der Waals surface area contributed by atoms with Gasteiger partial charge in [0.05, 0.1) is 7.11 Å². The lowest BCUT2D eigenvalue weighted by molar-refractivity contribution is 0.120. The summed E-state index contributed by atoms with van der Waals surface area (Å²) in [5, 5.41) is 0. The quantitative estimate of drug-likeness (QED) is 0.492. The molecule has 0 saturated carbocycles. The van der Waals surface area contributed by atoms with Crippen molar-refractivity contribution in [2.75, 3.05) is 7.11 Å². The highest BCUT2D eigenvalue weighted by atomic mass is 16.7. The molecule has 0 spiro atoms. The van der Waals surface area contributed by atoms with Crippen molar-refractivity contribution < 1.29 is 19.0 Å². The van der Waals surface area contributed by atoms with Crippen molar-refractivity contribution in [2.45, 2.75) is 53.6 Å². The molecule has 4 heteroatoms. The highest BCUT2D eigenvalue weighted by Gasteiger charge is 2.15. The second kappa shape index (κ2) is 9.27. The van der Waals surface area contributed by atoms with Gasteiger partial charge in [0.25, 0.3) is 0 Å². The molecule has 2 aromatic rings. The lowest BCUT2D eigenvalue weighted by Gasteiger charge is -2.17. The van der Waals surface area contributed by atoms with Gasteiger partial charge >= 0.3 is 6.16 Å². The summed E-state index contributed by atoms with van der Waals surface area (Å²) >= 11 is 0. The molecule has 0 bridgehead atoms. The van der Waals surface area contributed by atoms with Crippen molar-refractivity contribution in [2.24, 2.45) is 0 Å². The fourth-order valence-electron chi connectivity index (χ4n) is 3.05. The summed E-state index contributed by atoms with van der Waals surface area (Å²) in [7, 11) is 1.30. The summed E-state index contributed by atoms with van der Waals surface area (Å²) in [4.78, 5) is 11.5. The Kier molecular flexibility index (Phi) is 7.07. The number of ether oxygens (including phenoxy) is 3. The number of aryl methyl sites for hydroxylation is 4. The van der Waals surface area contributed by atoms with Gasteiger partial charge in [0, 0.05) is 5.56 Å². The molecule has 0 atom stereocenters. The molecule has 0 radical (unpaired) electrons. The van der Waals surface area contributed by atoms with Gasteiger partial charge in [-0.05, 0) is 60.6 Å². The summed E-state index contributed by atoms with van der Waals surface area (Å²) in [6.07, 6.45) is 2.01. The van der Waals surface area contributed by atoms with E-state index in [1.807, 2.05) is 12.1 Å². The van der Waals surface area contributed by atoms with E-state index in [-0.39, 0.29) is 0 Å². The topological polar surface area (TPSA) is 44.8 Å². The maximum absolute atomic E-state index is 11.5. The van der Waals surface area contributed by atoms with Crippen LogP contribution in [0.1, 0.15) is 48.6 Å². The van der Waals surface area contributed by atoms with E-state index >= 15 is 0 Å². The molecule has 0 aromatic heterocycles. The molecule has 26 heavy (non-hydrogen) atoms. The highest BCUT2D eigenvalue weighted by molar-refractivity contribution is 5.64. The summed E-state index contributed by atoms with van der Waals surface area (Å²) in [5.74, 6) is 1.37. The number of carbonyl (C=O) groups excluding carboxylic acids is 1. The molecule has 140 valence electrons. The monoisotopic (exact) mass is 356 g/mol. The minimum Gasteiger partial charge on any atom is -0.488 e. The first-order valence-electron chi connectivity index (χ1n) is 9.15. The first-order chi connectivity index (χ1) is 12.5. The van der Waals surface area contributed by atoms with Crippen LogP contribution < -0.4 is 9.47 Å². The van der Waals surface area contributed by atoms with E-state index in [0.717, 1.165) is 36.1 Å². The SMILES string of the molecule is CCc1cc(CC)c(OCc2c(CC)cccc2OC(=O)OC)cc1C. The van der Waals surface area contributed by atoms with Crippen LogP contribution in [0.3, 0.4) is 0 Å². The van der Waals surface area contributed by atoms with Crippen LogP contribution in [-0.4, -0.2) is 13.3 Å². The number of methoxy groups -OCH3 is 1. The van der Waals surface area contributed by atoms with Gasteiger partial charge in [-0.15, -0.1) is 0 Å². The van der Waals surface area contributed by atoms with Crippen molar-refractivity contribution in [3.05, 3.63) is 58.1 Å². The van der Waals surface area contributed by atoms with Gasteiger partial charge in [-0.2, -0.15) is 0 Å². The number of hydrogen-bond donors (Lipinski definition) is 0. The fraction of sp³-hybridized carbons (Fsp3) is 0.409. The molecule has 2 aromatic carbocycles. The van der Waals surface area contributed by atoms with Gasteiger partial charge in [0.2, 0.25) is 0 Å². The summed E-state index contributed by atoms with van der Waals surface area (Å²) < 4.78 is 16.1. The molecule has 0 amide bonds. The molecular weight excluding hydrogens is 328 g/mol. The molecule has 0 unspecified atom stereocenters. The third-order valence-electron chi connectivity index (χ3n) is 4.62. The van der Waals surface area contributed by atoms with Crippen LogP contribution in [0.4, 0.5) is 4.79 Å². The van der Waals surface area contributed by atoms with Crippen LogP contribution in [0, 0.1) is 6.92 Å². The van der Waals surface area contributed by atoms with E-state index in [1.165, 1.54) is 23.8 Å². The van der Waals surface area contributed by atoms with Gasteiger partial charge in [-0.3, -0.25) is 0 Å². The van der Waals surface area contributed by atoms with Gasteiger partial charge in [-0.1, -0.05) is 39.0 Å². The van der Waals surface area contributed by atoms with Crippen LogP contribution in [0.25, 0.3) is 0 Å². The molecular formula is C22H28O4. The van der Waals surface area contributed by atoms with Crippen molar-refractivity contribution in [3.63, 3.8) is 0 Å². The Hall–Kier alpha value is -2.49. The largest absolute Gasteiger partial charge is 0.513 e. The predicted octanol–water partition coefficient (Wildman–Crippen LogP) is 5.41. The van der Waals surface area contributed by atoms with E-state index < -0.39 is 6.16 Å². The number of carbonyl (C=O) groups is 1. The van der Waals surface area contributed by atoms with Crippen LogP contribution >= 0.6 is 0 Å². The maximum Gasteiger partial charge on any atom is 0.513 e. The summed E-state index contributed by atoms with van der Waals surface area (Å²) in [6, 6.07) is 9.99. The van der Waals surface area contributed by atoms with E-state index in [1.54, 1.807) is 6.07 Å². The second-order valence-corrected chi connectivity index (χ2v) is 6.19. The van der Waals surface area contributed by atoms with E-state index in [9.17, 15) is 4.79 Å². The molecule has 0 N–H and O–H groups in total. The third-order valence-corrected chi connectivity index (χ3v) is 4.62. The van der Waals surface area contributed by atoms with Gasteiger partial charge < -0.3 is 14.2 Å². The molecule has 0 aliphatic heterocycles. The molecule has 4 nitrogen and oxygen atoms in total. The zero-order chi connectivity index (χ0) is 19.1. The minimum absolute atomic E-state index is 0.342. The normalized spacial score (nSPS) is 10.5. The Morgan fingerprint density at radius 3 is 2.23 bits per heavy atom. The standard InChI is InChI=1S/C22H28O4/c1-6-16-10-9-11-20(26-22(23)24-5)19(16)14-25-21-12-15(4)17(7-2)13-18(21)8-3/h9-13H,6-8,14H2,1-5H3. The number of benzene rings is 2. The van der Waals surface area contributed by atoms with Crippen molar-refractivity contribution >= 4 is 6.16 Å². The Bertz CT molecular complexity index is 765. The summed E-state index contributed by atoms with van der Waals surface area (Å²) in [6.45, 7) is 8.81. The van der Waals surface area contributed by atoms with Gasteiger partial charge in [-0.25, -0.2) is 4.79 Å². The average Bonchev–Trinajstić information content (AvgIpc) is 2.66. The molecule has 0 heterocycles. The molecule has 0 aliphatic rings. The fourth-order valence-corrected chi connectivity index (χ4v) is 3.05. The Labute approximate surface area is 156 Å². The highest BCUT2D eigenvalue weighted by Crippen LogP contribution is 2.29. The maximum atomic E-state index is 11.5. The van der Waals surface area contributed by atoms with Crippen molar-refractivity contribution in [1.29, 1.82) is 0 Å². The van der Waals surface area contributed by atoms with E-state index in [4.69, 9.17) is 9.47 Å². The Morgan fingerprint density at radius 2 is 1.62 bits per heavy atom. The zero-order valence-electron chi connectivity index (χ0n) is 16.3. The number of rotatable bonds is 7. The molecule has 0 aliphatic carbocycles. The van der Waals surface area contributed by atoms with Crippen LogP contribution in [0.2, 0.25) is 0 Å². The Morgan fingerprint density at radius 1 is 0.923 bits per heavy atom. The smallest absolute Gasteiger partial charge is 0.488 e. The van der Waals surface area contributed by atoms with E-state index in [2.05, 4.69) is 44.6 Å². The molecule has 2 rings (SSSR count). The first kappa shape index (κ1) is 19.8. The van der Waals surface area contributed by atoms with Gasteiger partial charge in [0.15, 0.2) is 0 Å². The van der Waals surface area contributed by atoms with Crippen LogP contribution in [0.15, 0.2) is 30.3 Å². The zero-order valence-corrected chi connectivity index (χ0v) is 16.3. The third kappa shape index (κ3) is 4.57. The first-order valence-corrected chi connectivity index (χ1v) is 9.15. The second-order valence-electron chi connectivity index (χ2n) is 6.19. The van der Waals surface area contributed by atoms with Crippen molar-refractivity contribution in [1.82, 2.24) is 0 Å². The van der Waals surface area contributed by atoms with Crippen LogP contribution in [-0.2, 0) is 30.6 Å². The van der Waals surface area contributed by atoms with Gasteiger partial charge in [0.1, 0.15) is 18.1 Å². The predicted molar refractivity (Wildman–Crippen MR) is 103 cm³/mol. The molecule has 0 fully saturated rings. The lowest BCUT2D eigenvalue weighted by atomic mass is 10.0. The lowest BCUT2D eigenvalue weighted by Crippen LogP contribution is -2.11. The Balaban J connectivity index is 2.31. The molecule has 0 saturated heterocycles. The van der Waals surface area contributed by atoms with E-state index in [0.29, 0.717) is 12.4 Å².